The second-order valence-electron chi connectivity index (χ2n) is 4.42. The molecule has 2 aromatic rings. The zero-order valence-corrected chi connectivity index (χ0v) is 14.2. The second-order valence-corrected chi connectivity index (χ2v) is 5.68. The molecular formula is C15H10BrClN4O2. The van der Waals surface area contributed by atoms with Crippen molar-refractivity contribution in [2.75, 3.05) is 12.3 Å². The maximum absolute atomic E-state index is 11.9. The molecule has 0 bridgehead atoms. The lowest BCUT2D eigenvalue weighted by atomic mass is 9.96. The molecule has 0 fully saturated rings. The number of aromatic amines is 1. The molecule has 0 saturated heterocycles. The minimum absolute atomic E-state index is 0.00766. The number of rotatable bonds is 3. The number of nitrogens with two attached hydrogens (primary N) is 1. The number of halogens is 2. The average molecular weight is 394 g/mol. The number of nitriles is 2. The zero-order chi connectivity index (χ0) is 17.1. The molecule has 1 heterocycles. The number of benzene rings is 1. The van der Waals surface area contributed by atoms with Crippen molar-refractivity contribution in [3.05, 3.63) is 43.1 Å². The standard InChI is InChI=1S/C15H10BrClN4O2/c1-2-23-13-10(16)3-7(4-11(13)17)12-8(5-18)14(20)21-15(22)9(12)6-19/h3-4H,2H2,1H3,(H3,20,21,22). The van der Waals surface area contributed by atoms with Gasteiger partial charge in [0, 0.05) is 5.56 Å². The van der Waals surface area contributed by atoms with E-state index in [2.05, 4.69) is 20.9 Å². The van der Waals surface area contributed by atoms with Crippen LogP contribution in [0.1, 0.15) is 18.1 Å². The molecule has 2 rings (SSSR count). The Hall–Kier alpha value is -2.48. The number of ether oxygens (including phenoxy) is 1. The Morgan fingerprint density at radius 1 is 1.35 bits per heavy atom. The van der Waals surface area contributed by atoms with Crippen molar-refractivity contribution < 1.29 is 4.74 Å². The van der Waals surface area contributed by atoms with Gasteiger partial charge in [-0.15, -0.1) is 0 Å². The van der Waals surface area contributed by atoms with Gasteiger partial charge >= 0.3 is 0 Å². The van der Waals surface area contributed by atoms with E-state index in [4.69, 9.17) is 22.1 Å². The molecule has 0 saturated carbocycles. The van der Waals surface area contributed by atoms with E-state index >= 15 is 0 Å². The lowest BCUT2D eigenvalue weighted by molar-refractivity contribution is 0.338. The Bertz CT molecular complexity index is 902. The molecule has 6 nitrogen and oxygen atoms in total. The van der Waals surface area contributed by atoms with Gasteiger partial charge in [0.25, 0.3) is 5.56 Å². The van der Waals surface area contributed by atoms with Crippen LogP contribution in [0.15, 0.2) is 21.4 Å². The van der Waals surface area contributed by atoms with Crippen molar-refractivity contribution in [3.8, 4) is 29.0 Å². The first-order chi connectivity index (χ1) is 10.9. The summed E-state index contributed by atoms with van der Waals surface area (Å²) in [6, 6.07) is 6.85. The summed E-state index contributed by atoms with van der Waals surface area (Å²) >= 11 is 9.53. The first kappa shape index (κ1) is 16.9. The molecule has 1 aromatic heterocycles. The van der Waals surface area contributed by atoms with Crippen LogP contribution in [-0.4, -0.2) is 11.6 Å². The van der Waals surface area contributed by atoms with E-state index in [0.29, 0.717) is 22.4 Å². The van der Waals surface area contributed by atoms with Crippen LogP contribution in [0.3, 0.4) is 0 Å². The van der Waals surface area contributed by atoms with Crippen LogP contribution in [0.25, 0.3) is 11.1 Å². The van der Waals surface area contributed by atoms with E-state index in [1.165, 1.54) is 6.07 Å². The maximum atomic E-state index is 11.9. The number of aromatic nitrogens is 1. The fourth-order valence-corrected chi connectivity index (χ4v) is 3.08. The summed E-state index contributed by atoms with van der Waals surface area (Å²) in [5, 5.41) is 18.9. The number of nitrogens with one attached hydrogen (secondary N) is 1. The van der Waals surface area contributed by atoms with Gasteiger partial charge in [0.1, 0.15) is 29.1 Å². The molecule has 116 valence electrons. The fourth-order valence-electron chi connectivity index (χ4n) is 2.12. The molecule has 0 aliphatic carbocycles. The van der Waals surface area contributed by atoms with Gasteiger partial charge in [0.05, 0.1) is 16.1 Å². The van der Waals surface area contributed by atoms with Gasteiger partial charge in [0.15, 0.2) is 5.75 Å². The summed E-state index contributed by atoms with van der Waals surface area (Å²) < 4.78 is 5.95. The Balaban J connectivity index is 2.86. The molecule has 0 spiro atoms. The van der Waals surface area contributed by atoms with E-state index in [1.54, 1.807) is 12.1 Å². The summed E-state index contributed by atoms with van der Waals surface area (Å²) in [4.78, 5) is 14.2. The number of nitrogen functional groups attached to an aromatic ring is 1. The molecule has 3 N–H and O–H groups in total. The predicted molar refractivity (Wildman–Crippen MR) is 90.2 cm³/mol. The van der Waals surface area contributed by atoms with Crippen LogP contribution in [0, 0.1) is 22.7 Å². The third-order valence-corrected chi connectivity index (χ3v) is 3.91. The normalized spacial score (nSPS) is 9.96. The summed E-state index contributed by atoms with van der Waals surface area (Å²) in [6.45, 7) is 2.23. The van der Waals surface area contributed by atoms with E-state index in [0.717, 1.165) is 0 Å². The summed E-state index contributed by atoms with van der Waals surface area (Å²) in [7, 11) is 0. The van der Waals surface area contributed by atoms with E-state index in [-0.39, 0.29) is 27.5 Å². The third kappa shape index (κ3) is 3.02. The zero-order valence-electron chi connectivity index (χ0n) is 11.9. The molecule has 0 amide bonds. The van der Waals surface area contributed by atoms with Gasteiger partial charge in [0.2, 0.25) is 0 Å². The van der Waals surface area contributed by atoms with Crippen molar-refractivity contribution in [3.63, 3.8) is 0 Å². The summed E-state index contributed by atoms with van der Waals surface area (Å²) in [5.74, 6) is 0.334. The molecule has 23 heavy (non-hydrogen) atoms. The van der Waals surface area contributed by atoms with Crippen molar-refractivity contribution in [1.29, 1.82) is 10.5 Å². The smallest absolute Gasteiger partial charge is 0.268 e. The molecular weight excluding hydrogens is 384 g/mol. The Morgan fingerprint density at radius 2 is 2.00 bits per heavy atom. The van der Waals surface area contributed by atoms with Crippen LogP contribution in [0.5, 0.6) is 5.75 Å². The van der Waals surface area contributed by atoms with Gasteiger partial charge in [-0.05, 0) is 40.5 Å². The van der Waals surface area contributed by atoms with Gasteiger partial charge in [-0.2, -0.15) is 10.5 Å². The van der Waals surface area contributed by atoms with E-state index in [1.807, 2.05) is 13.0 Å². The van der Waals surface area contributed by atoms with Gasteiger partial charge in [-0.3, -0.25) is 4.79 Å². The highest BCUT2D eigenvalue weighted by Gasteiger charge is 2.20. The fraction of sp³-hybridized carbons (Fsp3) is 0.133. The quantitative estimate of drug-likeness (QED) is 0.831. The number of hydrogen-bond acceptors (Lipinski definition) is 5. The largest absolute Gasteiger partial charge is 0.491 e. The Labute approximate surface area is 145 Å². The van der Waals surface area contributed by atoms with Crippen LogP contribution < -0.4 is 16.0 Å². The van der Waals surface area contributed by atoms with Crippen LogP contribution in [0.4, 0.5) is 5.82 Å². The van der Waals surface area contributed by atoms with E-state index in [9.17, 15) is 15.3 Å². The predicted octanol–water partition coefficient (Wildman–Crippen LogP) is 3.18. The van der Waals surface area contributed by atoms with Crippen LogP contribution >= 0.6 is 27.5 Å². The lowest BCUT2D eigenvalue weighted by Gasteiger charge is -2.13. The van der Waals surface area contributed by atoms with Gasteiger partial charge in [-0.1, -0.05) is 11.6 Å². The lowest BCUT2D eigenvalue weighted by Crippen LogP contribution is -2.16. The summed E-state index contributed by atoms with van der Waals surface area (Å²) in [5.41, 5.74) is 5.38. The molecule has 0 aliphatic heterocycles. The number of nitrogens with zero attached hydrogens (tertiary/aromatic N) is 2. The number of anilines is 1. The third-order valence-electron chi connectivity index (χ3n) is 3.04. The second kappa shape index (κ2) is 6.74. The van der Waals surface area contributed by atoms with Crippen molar-refractivity contribution in [2.45, 2.75) is 6.92 Å². The molecule has 8 heteroatoms. The molecule has 1 aromatic carbocycles. The van der Waals surface area contributed by atoms with Crippen LogP contribution in [-0.2, 0) is 0 Å². The first-order valence-corrected chi connectivity index (χ1v) is 7.59. The number of pyridine rings is 1. The maximum Gasteiger partial charge on any atom is 0.268 e. The monoisotopic (exact) mass is 392 g/mol. The highest BCUT2D eigenvalue weighted by molar-refractivity contribution is 9.10. The summed E-state index contributed by atoms with van der Waals surface area (Å²) in [6.07, 6.45) is 0. The van der Waals surface area contributed by atoms with Crippen molar-refractivity contribution in [1.82, 2.24) is 4.98 Å². The minimum Gasteiger partial charge on any atom is -0.491 e. The SMILES string of the molecule is CCOc1c(Cl)cc(-c2c(C#N)c(N)[nH]c(=O)c2C#N)cc1Br. The number of H-pyrrole nitrogens is 1. The molecule has 0 radical (unpaired) electrons. The average Bonchev–Trinajstić information content (AvgIpc) is 2.50. The van der Waals surface area contributed by atoms with Crippen LogP contribution in [0.2, 0.25) is 5.02 Å². The van der Waals surface area contributed by atoms with Crippen molar-refractivity contribution >= 4 is 33.3 Å². The molecule has 0 atom stereocenters. The first-order valence-electron chi connectivity index (χ1n) is 6.42. The van der Waals surface area contributed by atoms with Gasteiger partial charge in [-0.25, -0.2) is 0 Å². The topological polar surface area (TPSA) is 116 Å². The molecule has 0 unspecified atom stereocenters. The minimum atomic E-state index is -0.667. The van der Waals surface area contributed by atoms with Crippen molar-refractivity contribution in [2.24, 2.45) is 0 Å². The molecule has 0 aliphatic rings. The highest BCUT2D eigenvalue weighted by atomic mass is 79.9. The van der Waals surface area contributed by atoms with Gasteiger partial charge < -0.3 is 15.5 Å². The Morgan fingerprint density at radius 3 is 2.52 bits per heavy atom. The highest BCUT2D eigenvalue weighted by Crippen LogP contribution is 2.39. The number of hydrogen-bond donors (Lipinski definition) is 2. The Kier molecular flexibility index (Phi) is 4.95. The van der Waals surface area contributed by atoms with E-state index < -0.39 is 5.56 Å².